The summed E-state index contributed by atoms with van der Waals surface area (Å²) < 4.78 is 2.04. The Morgan fingerprint density at radius 3 is 2.54 bits per heavy atom. The lowest BCUT2D eigenvalue weighted by molar-refractivity contribution is 0.505. The second-order valence-corrected chi connectivity index (χ2v) is 3.73. The molecule has 13 heavy (non-hydrogen) atoms. The van der Waals surface area contributed by atoms with Gasteiger partial charge in [-0.3, -0.25) is 4.68 Å². The molecule has 3 heteroatoms. The predicted octanol–water partition coefficient (Wildman–Crippen LogP) is 2.31. The molecule has 0 atom stereocenters. The van der Waals surface area contributed by atoms with E-state index in [0.717, 1.165) is 24.2 Å². The lowest BCUT2D eigenvalue weighted by Gasteiger charge is -2.10. The van der Waals surface area contributed by atoms with E-state index in [1.807, 2.05) is 11.6 Å². The summed E-state index contributed by atoms with van der Waals surface area (Å²) in [6.07, 6.45) is 2.13. The van der Waals surface area contributed by atoms with Crippen LogP contribution in [0.15, 0.2) is 0 Å². The van der Waals surface area contributed by atoms with Gasteiger partial charge in [0.25, 0.3) is 0 Å². The number of hydrogen-bond acceptors (Lipinski definition) is 2. The number of rotatable bonds is 3. The molecular weight excluding hydrogens is 162 g/mol. The Morgan fingerprint density at radius 1 is 1.46 bits per heavy atom. The maximum Gasteiger partial charge on any atom is 0.0826 e. The molecule has 2 N–H and O–H groups in total. The van der Waals surface area contributed by atoms with Crippen molar-refractivity contribution in [1.29, 1.82) is 0 Å². The van der Waals surface area contributed by atoms with E-state index in [0.29, 0.717) is 6.04 Å². The summed E-state index contributed by atoms with van der Waals surface area (Å²) in [4.78, 5) is 0. The standard InChI is InChI=1S/C10H19N3/c1-5-6-9-10(11)8(4)12-13(9)7(2)3/h7H,5-6,11H2,1-4H3. The van der Waals surface area contributed by atoms with Gasteiger partial charge < -0.3 is 5.73 Å². The summed E-state index contributed by atoms with van der Waals surface area (Å²) in [6.45, 7) is 8.38. The number of aryl methyl sites for hydroxylation is 1. The molecule has 1 heterocycles. The van der Waals surface area contributed by atoms with Crippen LogP contribution in [0.2, 0.25) is 0 Å². The highest BCUT2D eigenvalue weighted by molar-refractivity contribution is 5.47. The number of hydrogen-bond donors (Lipinski definition) is 1. The van der Waals surface area contributed by atoms with Gasteiger partial charge in [0.15, 0.2) is 0 Å². The summed E-state index contributed by atoms with van der Waals surface area (Å²) >= 11 is 0. The van der Waals surface area contributed by atoms with Gasteiger partial charge in [-0.25, -0.2) is 0 Å². The molecule has 0 radical (unpaired) electrons. The van der Waals surface area contributed by atoms with Gasteiger partial charge in [0.05, 0.1) is 17.1 Å². The molecular formula is C10H19N3. The Balaban J connectivity index is 3.11. The van der Waals surface area contributed by atoms with Gasteiger partial charge in [0.2, 0.25) is 0 Å². The molecule has 1 aromatic rings. The number of anilines is 1. The van der Waals surface area contributed by atoms with Crippen LogP contribution < -0.4 is 5.73 Å². The molecule has 0 aliphatic carbocycles. The van der Waals surface area contributed by atoms with E-state index < -0.39 is 0 Å². The summed E-state index contributed by atoms with van der Waals surface area (Å²) in [5.41, 5.74) is 8.96. The molecule has 1 rings (SSSR count). The number of aromatic nitrogens is 2. The molecule has 74 valence electrons. The zero-order chi connectivity index (χ0) is 10.0. The lowest BCUT2D eigenvalue weighted by atomic mass is 10.2. The minimum atomic E-state index is 0.401. The van der Waals surface area contributed by atoms with Crippen molar-refractivity contribution < 1.29 is 0 Å². The van der Waals surface area contributed by atoms with Crippen molar-refractivity contribution in [3.63, 3.8) is 0 Å². The minimum absolute atomic E-state index is 0.401. The lowest BCUT2D eigenvalue weighted by Crippen LogP contribution is -2.08. The van der Waals surface area contributed by atoms with Crippen LogP contribution in [-0.2, 0) is 6.42 Å². The first-order valence-corrected chi connectivity index (χ1v) is 4.91. The molecule has 0 aliphatic heterocycles. The largest absolute Gasteiger partial charge is 0.396 e. The van der Waals surface area contributed by atoms with Crippen LogP contribution in [0, 0.1) is 6.92 Å². The van der Waals surface area contributed by atoms with Crippen molar-refractivity contribution in [2.24, 2.45) is 0 Å². The maximum absolute atomic E-state index is 5.94. The molecule has 0 aromatic carbocycles. The van der Waals surface area contributed by atoms with Crippen LogP contribution in [0.5, 0.6) is 0 Å². The number of nitrogen functional groups attached to an aromatic ring is 1. The van der Waals surface area contributed by atoms with Gasteiger partial charge in [-0.05, 0) is 27.2 Å². The Bertz CT molecular complexity index is 287. The zero-order valence-corrected chi connectivity index (χ0v) is 8.96. The Morgan fingerprint density at radius 2 is 2.08 bits per heavy atom. The molecule has 1 aromatic heterocycles. The van der Waals surface area contributed by atoms with E-state index in [2.05, 4.69) is 25.9 Å². The third kappa shape index (κ3) is 1.85. The quantitative estimate of drug-likeness (QED) is 0.777. The Labute approximate surface area is 79.9 Å². The monoisotopic (exact) mass is 181 g/mol. The first-order valence-electron chi connectivity index (χ1n) is 4.91. The first kappa shape index (κ1) is 10.1. The maximum atomic E-state index is 5.94. The SMILES string of the molecule is CCCc1c(N)c(C)nn1C(C)C. The first-order chi connectivity index (χ1) is 6.07. The van der Waals surface area contributed by atoms with Crippen molar-refractivity contribution in [3.05, 3.63) is 11.4 Å². The highest BCUT2D eigenvalue weighted by Gasteiger charge is 2.12. The second kappa shape index (κ2) is 3.81. The normalized spacial score (nSPS) is 11.2. The number of nitrogens with zero attached hydrogens (tertiary/aromatic N) is 2. The van der Waals surface area contributed by atoms with Gasteiger partial charge in [-0.2, -0.15) is 5.10 Å². The van der Waals surface area contributed by atoms with Crippen molar-refractivity contribution in [2.45, 2.75) is 46.6 Å². The molecule has 0 aliphatic rings. The van der Waals surface area contributed by atoms with Gasteiger partial charge in [0, 0.05) is 6.04 Å². The fraction of sp³-hybridized carbons (Fsp3) is 0.700. The average molecular weight is 181 g/mol. The Hall–Kier alpha value is -0.990. The molecule has 0 spiro atoms. The van der Waals surface area contributed by atoms with E-state index in [1.165, 1.54) is 5.69 Å². The van der Waals surface area contributed by atoms with E-state index >= 15 is 0 Å². The van der Waals surface area contributed by atoms with Crippen LogP contribution in [0.25, 0.3) is 0 Å². The van der Waals surface area contributed by atoms with Crippen LogP contribution in [0.3, 0.4) is 0 Å². The molecule has 0 unspecified atom stereocenters. The average Bonchev–Trinajstić information content (AvgIpc) is 2.33. The zero-order valence-electron chi connectivity index (χ0n) is 8.96. The molecule has 0 saturated heterocycles. The number of nitrogens with two attached hydrogens (primary N) is 1. The summed E-state index contributed by atoms with van der Waals surface area (Å²) in [6, 6.07) is 0.401. The van der Waals surface area contributed by atoms with Gasteiger partial charge in [-0.1, -0.05) is 13.3 Å². The third-order valence-corrected chi connectivity index (χ3v) is 2.21. The van der Waals surface area contributed by atoms with Crippen LogP contribution in [-0.4, -0.2) is 9.78 Å². The van der Waals surface area contributed by atoms with Crippen LogP contribution in [0.4, 0.5) is 5.69 Å². The highest BCUT2D eigenvalue weighted by Crippen LogP contribution is 2.21. The molecule has 0 bridgehead atoms. The van der Waals surface area contributed by atoms with Crippen molar-refractivity contribution in [1.82, 2.24) is 9.78 Å². The van der Waals surface area contributed by atoms with Gasteiger partial charge >= 0.3 is 0 Å². The second-order valence-electron chi connectivity index (χ2n) is 3.73. The van der Waals surface area contributed by atoms with Crippen LogP contribution in [0.1, 0.15) is 44.6 Å². The van der Waals surface area contributed by atoms with Gasteiger partial charge in [-0.15, -0.1) is 0 Å². The van der Waals surface area contributed by atoms with Crippen LogP contribution >= 0.6 is 0 Å². The topological polar surface area (TPSA) is 43.8 Å². The fourth-order valence-corrected chi connectivity index (χ4v) is 1.52. The summed E-state index contributed by atoms with van der Waals surface area (Å²) in [5.74, 6) is 0. The van der Waals surface area contributed by atoms with Crippen molar-refractivity contribution in [3.8, 4) is 0 Å². The smallest absolute Gasteiger partial charge is 0.0826 e. The van der Waals surface area contributed by atoms with E-state index in [9.17, 15) is 0 Å². The van der Waals surface area contributed by atoms with Crippen molar-refractivity contribution >= 4 is 5.69 Å². The van der Waals surface area contributed by atoms with Gasteiger partial charge in [0.1, 0.15) is 0 Å². The van der Waals surface area contributed by atoms with E-state index in [-0.39, 0.29) is 0 Å². The van der Waals surface area contributed by atoms with E-state index in [1.54, 1.807) is 0 Å². The fourth-order valence-electron chi connectivity index (χ4n) is 1.52. The summed E-state index contributed by atoms with van der Waals surface area (Å²) in [5, 5.41) is 4.42. The van der Waals surface area contributed by atoms with Crippen molar-refractivity contribution in [2.75, 3.05) is 5.73 Å². The molecule has 0 amide bonds. The molecule has 0 saturated carbocycles. The Kier molecular flexibility index (Phi) is 2.96. The molecule has 0 fully saturated rings. The minimum Gasteiger partial charge on any atom is -0.396 e. The molecule has 3 nitrogen and oxygen atoms in total. The highest BCUT2D eigenvalue weighted by atomic mass is 15.3. The summed E-state index contributed by atoms with van der Waals surface area (Å²) in [7, 11) is 0. The van der Waals surface area contributed by atoms with E-state index in [4.69, 9.17) is 5.73 Å². The third-order valence-electron chi connectivity index (χ3n) is 2.21. The predicted molar refractivity (Wildman–Crippen MR) is 55.8 cm³/mol.